The first kappa shape index (κ1) is 14.4. The molecule has 1 aliphatic carbocycles. The van der Waals surface area contributed by atoms with E-state index in [9.17, 15) is 4.79 Å². The second kappa shape index (κ2) is 6.97. The smallest absolute Gasteiger partial charge is 0.317 e. The average Bonchev–Trinajstić information content (AvgIpc) is 3.04. The van der Waals surface area contributed by atoms with Crippen molar-refractivity contribution in [2.24, 2.45) is 5.92 Å². The van der Waals surface area contributed by atoms with E-state index in [2.05, 4.69) is 29.6 Å². The molecule has 0 atom stereocenters. The molecule has 1 aromatic rings. The molecule has 1 aliphatic heterocycles. The summed E-state index contributed by atoms with van der Waals surface area (Å²) >= 11 is 0. The number of urea groups is 1. The third-order valence-electron chi connectivity index (χ3n) is 4.96. The summed E-state index contributed by atoms with van der Waals surface area (Å²) in [6.45, 7) is 2.42. The van der Waals surface area contributed by atoms with E-state index in [0.717, 1.165) is 38.4 Å². The van der Waals surface area contributed by atoms with Crippen LogP contribution in [0.15, 0.2) is 24.3 Å². The van der Waals surface area contributed by atoms with Gasteiger partial charge in [-0.3, -0.25) is 0 Å². The molecule has 21 heavy (non-hydrogen) atoms. The molecule has 0 bridgehead atoms. The number of nitrogens with zero attached hydrogens (tertiary/aromatic N) is 1. The fraction of sp³-hybridized carbons (Fsp3) is 0.611. The zero-order valence-corrected chi connectivity index (χ0v) is 12.8. The van der Waals surface area contributed by atoms with Crippen molar-refractivity contribution in [1.29, 1.82) is 0 Å². The van der Waals surface area contributed by atoms with Gasteiger partial charge in [-0.2, -0.15) is 0 Å². The summed E-state index contributed by atoms with van der Waals surface area (Å²) < 4.78 is 0. The number of hydrogen-bond donors (Lipinski definition) is 1. The number of nitrogens with one attached hydrogen (secondary N) is 1. The van der Waals surface area contributed by atoms with Crippen molar-refractivity contribution in [3.05, 3.63) is 35.4 Å². The number of amides is 2. The lowest BCUT2D eigenvalue weighted by Gasteiger charge is -2.29. The molecule has 1 heterocycles. The highest BCUT2D eigenvalue weighted by atomic mass is 16.2. The zero-order chi connectivity index (χ0) is 14.5. The van der Waals surface area contributed by atoms with Crippen LogP contribution in [0.2, 0.25) is 0 Å². The average molecular weight is 286 g/mol. The van der Waals surface area contributed by atoms with Gasteiger partial charge in [-0.25, -0.2) is 4.79 Å². The molecular formula is C18H26N2O. The third-order valence-corrected chi connectivity index (χ3v) is 4.96. The quantitative estimate of drug-likeness (QED) is 0.841. The lowest BCUT2D eigenvalue weighted by Crippen LogP contribution is -2.43. The molecular weight excluding hydrogens is 260 g/mol. The molecule has 1 fully saturated rings. The van der Waals surface area contributed by atoms with Gasteiger partial charge in [0.2, 0.25) is 0 Å². The first-order chi connectivity index (χ1) is 10.3. The van der Waals surface area contributed by atoms with Crippen LogP contribution in [0, 0.1) is 5.92 Å². The minimum Gasteiger partial charge on any atom is -0.338 e. The zero-order valence-electron chi connectivity index (χ0n) is 12.8. The van der Waals surface area contributed by atoms with E-state index >= 15 is 0 Å². The van der Waals surface area contributed by atoms with Crippen molar-refractivity contribution < 1.29 is 4.79 Å². The second-order valence-electron chi connectivity index (χ2n) is 6.46. The SMILES string of the molecule is O=C(NCCCC1CCCC1)N1CCc2ccccc2C1. The number of fused-ring (bicyclic) bond motifs is 1. The minimum atomic E-state index is 0.107. The summed E-state index contributed by atoms with van der Waals surface area (Å²) in [5, 5.41) is 3.09. The Morgan fingerprint density at radius 2 is 1.95 bits per heavy atom. The Bertz CT molecular complexity index is 480. The molecule has 0 saturated heterocycles. The van der Waals surface area contributed by atoms with E-state index in [4.69, 9.17) is 0 Å². The predicted molar refractivity (Wildman–Crippen MR) is 85.1 cm³/mol. The van der Waals surface area contributed by atoms with Crippen molar-refractivity contribution in [1.82, 2.24) is 10.2 Å². The highest BCUT2D eigenvalue weighted by molar-refractivity contribution is 5.74. The normalized spacial score (nSPS) is 18.6. The molecule has 3 heteroatoms. The maximum atomic E-state index is 12.2. The summed E-state index contributed by atoms with van der Waals surface area (Å²) in [4.78, 5) is 14.2. The van der Waals surface area contributed by atoms with E-state index in [1.165, 1.54) is 43.2 Å². The van der Waals surface area contributed by atoms with Gasteiger partial charge in [0.05, 0.1) is 0 Å². The van der Waals surface area contributed by atoms with Gasteiger partial charge in [0.25, 0.3) is 0 Å². The first-order valence-corrected chi connectivity index (χ1v) is 8.42. The summed E-state index contributed by atoms with van der Waals surface area (Å²) in [7, 11) is 0. The molecule has 114 valence electrons. The molecule has 1 N–H and O–H groups in total. The van der Waals surface area contributed by atoms with Crippen LogP contribution in [0.3, 0.4) is 0 Å². The first-order valence-electron chi connectivity index (χ1n) is 8.42. The molecule has 3 nitrogen and oxygen atoms in total. The summed E-state index contributed by atoms with van der Waals surface area (Å²) in [6.07, 6.45) is 9.00. The number of benzene rings is 1. The lowest BCUT2D eigenvalue weighted by atomic mass is 10.0. The van der Waals surface area contributed by atoms with Gasteiger partial charge >= 0.3 is 6.03 Å². The van der Waals surface area contributed by atoms with E-state index in [1.54, 1.807) is 0 Å². The van der Waals surface area contributed by atoms with Crippen LogP contribution in [0.25, 0.3) is 0 Å². The van der Waals surface area contributed by atoms with Gasteiger partial charge in [-0.05, 0) is 36.3 Å². The topological polar surface area (TPSA) is 32.3 Å². The molecule has 2 aliphatic rings. The molecule has 0 spiro atoms. The van der Waals surface area contributed by atoms with Crippen LogP contribution >= 0.6 is 0 Å². The molecule has 0 radical (unpaired) electrons. The van der Waals surface area contributed by atoms with Crippen LogP contribution in [0.1, 0.15) is 49.7 Å². The minimum absolute atomic E-state index is 0.107. The van der Waals surface area contributed by atoms with Gasteiger partial charge in [0.15, 0.2) is 0 Å². The summed E-state index contributed by atoms with van der Waals surface area (Å²) in [5.41, 5.74) is 2.69. The molecule has 0 aromatic heterocycles. The summed E-state index contributed by atoms with van der Waals surface area (Å²) in [5.74, 6) is 0.920. The van der Waals surface area contributed by atoms with E-state index < -0.39 is 0 Å². The standard InChI is InChI=1S/C18H26N2O/c21-18(19-12-5-8-15-6-1-2-7-15)20-13-11-16-9-3-4-10-17(16)14-20/h3-4,9-10,15H,1-2,5-8,11-14H2,(H,19,21). The van der Waals surface area contributed by atoms with Gasteiger partial charge in [-0.15, -0.1) is 0 Å². The lowest BCUT2D eigenvalue weighted by molar-refractivity contribution is 0.192. The largest absolute Gasteiger partial charge is 0.338 e. The van der Waals surface area contributed by atoms with E-state index in [1.807, 2.05) is 4.90 Å². The van der Waals surface area contributed by atoms with Crippen LogP contribution in [0.5, 0.6) is 0 Å². The van der Waals surface area contributed by atoms with Crippen molar-refractivity contribution in [3.63, 3.8) is 0 Å². The Kier molecular flexibility index (Phi) is 4.79. The van der Waals surface area contributed by atoms with Crippen LogP contribution < -0.4 is 5.32 Å². The molecule has 0 unspecified atom stereocenters. The highest BCUT2D eigenvalue weighted by Crippen LogP contribution is 2.28. The van der Waals surface area contributed by atoms with E-state index in [0.29, 0.717) is 0 Å². The second-order valence-corrected chi connectivity index (χ2v) is 6.46. The van der Waals surface area contributed by atoms with Crippen molar-refractivity contribution >= 4 is 6.03 Å². The number of rotatable bonds is 4. The van der Waals surface area contributed by atoms with E-state index in [-0.39, 0.29) is 6.03 Å². The van der Waals surface area contributed by atoms with Gasteiger partial charge in [-0.1, -0.05) is 49.9 Å². The van der Waals surface area contributed by atoms with Gasteiger partial charge in [0, 0.05) is 19.6 Å². The Hall–Kier alpha value is -1.51. The van der Waals surface area contributed by atoms with Crippen molar-refractivity contribution in [3.8, 4) is 0 Å². The molecule has 2 amide bonds. The van der Waals surface area contributed by atoms with Crippen LogP contribution in [-0.4, -0.2) is 24.0 Å². The molecule has 3 rings (SSSR count). The highest BCUT2D eigenvalue weighted by Gasteiger charge is 2.20. The molecule has 1 saturated carbocycles. The Morgan fingerprint density at radius 3 is 2.76 bits per heavy atom. The van der Waals surface area contributed by atoms with Gasteiger partial charge in [0.1, 0.15) is 0 Å². The third kappa shape index (κ3) is 3.78. The molecule has 1 aromatic carbocycles. The van der Waals surface area contributed by atoms with Crippen LogP contribution in [0.4, 0.5) is 4.79 Å². The fourth-order valence-corrected chi connectivity index (χ4v) is 3.67. The number of carbonyl (C=O) groups is 1. The predicted octanol–water partition coefficient (Wildman–Crippen LogP) is 3.72. The monoisotopic (exact) mass is 286 g/mol. The van der Waals surface area contributed by atoms with Crippen molar-refractivity contribution in [2.45, 2.75) is 51.5 Å². The maximum absolute atomic E-state index is 12.2. The fourth-order valence-electron chi connectivity index (χ4n) is 3.67. The Balaban J connectivity index is 1.40. The number of hydrogen-bond acceptors (Lipinski definition) is 1. The Labute approximate surface area is 127 Å². The van der Waals surface area contributed by atoms with Gasteiger partial charge < -0.3 is 10.2 Å². The maximum Gasteiger partial charge on any atom is 0.317 e. The van der Waals surface area contributed by atoms with Crippen molar-refractivity contribution in [2.75, 3.05) is 13.1 Å². The van der Waals surface area contributed by atoms with Crippen LogP contribution in [-0.2, 0) is 13.0 Å². The number of carbonyl (C=O) groups excluding carboxylic acids is 1. The summed E-state index contributed by atoms with van der Waals surface area (Å²) in [6, 6.07) is 8.55. The Morgan fingerprint density at radius 1 is 1.19 bits per heavy atom.